The van der Waals surface area contributed by atoms with Crippen molar-refractivity contribution < 1.29 is 4.74 Å². The highest BCUT2D eigenvalue weighted by Crippen LogP contribution is 2.31. The predicted octanol–water partition coefficient (Wildman–Crippen LogP) is 3.04. The Labute approximate surface area is 148 Å². The lowest BCUT2D eigenvalue weighted by Gasteiger charge is -2.33. The quantitative estimate of drug-likeness (QED) is 0.756. The molecule has 0 aliphatic carbocycles. The van der Waals surface area contributed by atoms with Crippen LogP contribution in [-0.4, -0.2) is 32.5 Å². The molecule has 2 aromatic carbocycles. The Bertz CT molecular complexity index is 647. The molecule has 0 radical (unpaired) electrons. The van der Waals surface area contributed by atoms with Gasteiger partial charge in [0.05, 0.1) is 12.2 Å². The number of hydrogen-bond donors (Lipinski definition) is 2. The number of benzene rings is 2. The molecule has 0 saturated heterocycles. The van der Waals surface area contributed by atoms with Crippen molar-refractivity contribution in [2.24, 2.45) is 0 Å². The largest absolute Gasteiger partial charge is 0.485 e. The van der Waals surface area contributed by atoms with Crippen molar-refractivity contribution in [3.8, 4) is 5.75 Å². The molecule has 0 fully saturated rings. The summed E-state index contributed by atoms with van der Waals surface area (Å²) in [5, 5.41) is 3.51. The summed E-state index contributed by atoms with van der Waals surface area (Å²) in [6.45, 7) is 3.51. The van der Waals surface area contributed by atoms with Crippen LogP contribution in [0.25, 0.3) is 0 Å². The van der Waals surface area contributed by atoms with E-state index in [2.05, 4.69) is 58.4 Å². The van der Waals surface area contributed by atoms with Gasteiger partial charge in [-0.25, -0.2) is 0 Å². The van der Waals surface area contributed by atoms with Crippen molar-refractivity contribution in [3.63, 3.8) is 0 Å². The van der Waals surface area contributed by atoms with Crippen molar-refractivity contribution >= 4 is 17.6 Å². The van der Waals surface area contributed by atoms with Gasteiger partial charge >= 0.3 is 0 Å². The Hall–Kier alpha value is -1.69. The number of hydrogen-bond acceptors (Lipinski definition) is 5. The third-order valence-corrected chi connectivity index (χ3v) is 4.63. The van der Waals surface area contributed by atoms with Gasteiger partial charge in [0.15, 0.2) is 0 Å². The molecule has 3 rings (SSSR count). The van der Waals surface area contributed by atoms with Gasteiger partial charge in [0.2, 0.25) is 0 Å². The van der Waals surface area contributed by atoms with Gasteiger partial charge in [0.25, 0.3) is 0 Å². The van der Waals surface area contributed by atoms with Crippen molar-refractivity contribution in [3.05, 3.63) is 59.7 Å². The molecule has 128 valence electrons. The maximum atomic E-state index is 6.09. The predicted molar refractivity (Wildman–Crippen MR) is 103 cm³/mol. The third-order valence-electron chi connectivity index (χ3n) is 4.19. The smallest absolute Gasteiger partial charge is 0.143 e. The molecule has 0 amide bonds. The van der Waals surface area contributed by atoms with Crippen molar-refractivity contribution in [2.75, 3.05) is 31.3 Å². The van der Waals surface area contributed by atoms with E-state index in [9.17, 15) is 0 Å². The van der Waals surface area contributed by atoms with Crippen LogP contribution in [0.3, 0.4) is 0 Å². The number of ether oxygens (including phenoxy) is 1. The number of likely N-dealkylation sites (N-methyl/N-ethyl adjacent to an activating group) is 1. The van der Waals surface area contributed by atoms with Gasteiger partial charge in [0.1, 0.15) is 11.9 Å². The SMILES string of the molecule is CSNCc1ccc(CNCC2CN(C)c3ccccc3O2)cc1. The average Bonchev–Trinajstić information content (AvgIpc) is 2.61. The summed E-state index contributed by atoms with van der Waals surface area (Å²) in [6.07, 6.45) is 2.22. The summed E-state index contributed by atoms with van der Waals surface area (Å²) in [4.78, 5) is 2.26. The molecule has 1 heterocycles. The Kier molecular flexibility index (Phi) is 6.01. The van der Waals surface area contributed by atoms with Gasteiger partial charge in [-0.05, 0) is 29.5 Å². The van der Waals surface area contributed by atoms with Crippen LogP contribution in [0, 0.1) is 0 Å². The van der Waals surface area contributed by atoms with Crippen LogP contribution in [0.15, 0.2) is 48.5 Å². The molecule has 24 heavy (non-hydrogen) atoms. The first kappa shape index (κ1) is 17.1. The van der Waals surface area contributed by atoms with E-state index >= 15 is 0 Å². The van der Waals surface area contributed by atoms with Crippen LogP contribution in [0.5, 0.6) is 5.75 Å². The topological polar surface area (TPSA) is 36.5 Å². The van der Waals surface area contributed by atoms with E-state index in [-0.39, 0.29) is 6.10 Å². The zero-order valence-electron chi connectivity index (χ0n) is 14.3. The van der Waals surface area contributed by atoms with Crippen LogP contribution in [-0.2, 0) is 13.1 Å². The van der Waals surface area contributed by atoms with Gasteiger partial charge < -0.3 is 15.0 Å². The standard InChI is InChI=1S/C19H25N3OS/c1-22-14-17(23-19-6-4-3-5-18(19)22)13-20-11-15-7-9-16(10-8-15)12-21-24-2/h3-10,17,20-21H,11-14H2,1-2H3. The molecule has 1 aliphatic rings. The number of nitrogens with zero attached hydrogens (tertiary/aromatic N) is 1. The summed E-state index contributed by atoms with van der Waals surface area (Å²) in [7, 11) is 2.12. The number of fused-ring (bicyclic) bond motifs is 1. The fourth-order valence-electron chi connectivity index (χ4n) is 2.91. The van der Waals surface area contributed by atoms with Crippen molar-refractivity contribution in [2.45, 2.75) is 19.2 Å². The van der Waals surface area contributed by atoms with Gasteiger partial charge in [-0.3, -0.25) is 4.72 Å². The second-order valence-electron chi connectivity index (χ2n) is 6.06. The van der Waals surface area contributed by atoms with Crippen LogP contribution in [0.4, 0.5) is 5.69 Å². The minimum Gasteiger partial charge on any atom is -0.485 e. The summed E-state index contributed by atoms with van der Waals surface area (Å²) in [5.74, 6) is 0.976. The van der Waals surface area contributed by atoms with Gasteiger partial charge in [-0.2, -0.15) is 0 Å². The highest BCUT2D eigenvalue weighted by molar-refractivity contribution is 7.96. The molecule has 1 atom stereocenters. The molecule has 2 aromatic rings. The van der Waals surface area contributed by atoms with Crippen molar-refractivity contribution in [1.29, 1.82) is 0 Å². The van der Waals surface area contributed by atoms with E-state index in [0.29, 0.717) is 0 Å². The molecule has 0 aromatic heterocycles. The number of nitrogens with one attached hydrogen (secondary N) is 2. The Morgan fingerprint density at radius 1 is 1.08 bits per heavy atom. The molecule has 0 bridgehead atoms. The van der Waals surface area contributed by atoms with Crippen LogP contribution >= 0.6 is 11.9 Å². The molecule has 1 aliphatic heterocycles. The van der Waals surface area contributed by atoms with E-state index in [4.69, 9.17) is 4.74 Å². The Morgan fingerprint density at radius 2 is 1.79 bits per heavy atom. The zero-order chi connectivity index (χ0) is 16.8. The normalized spacial score (nSPS) is 16.6. The molecule has 2 N–H and O–H groups in total. The van der Waals surface area contributed by atoms with Crippen molar-refractivity contribution in [1.82, 2.24) is 10.0 Å². The van der Waals surface area contributed by atoms with Crippen LogP contribution in [0.2, 0.25) is 0 Å². The monoisotopic (exact) mass is 343 g/mol. The fraction of sp³-hybridized carbons (Fsp3) is 0.368. The van der Waals surface area contributed by atoms with Crippen LogP contribution < -0.4 is 19.7 Å². The second-order valence-corrected chi connectivity index (χ2v) is 6.76. The van der Waals surface area contributed by atoms with Gasteiger partial charge in [-0.1, -0.05) is 48.3 Å². The Morgan fingerprint density at radius 3 is 2.54 bits per heavy atom. The average molecular weight is 343 g/mol. The number of anilines is 1. The maximum Gasteiger partial charge on any atom is 0.143 e. The Balaban J connectivity index is 1.47. The number of rotatable bonds is 7. The maximum absolute atomic E-state index is 6.09. The zero-order valence-corrected chi connectivity index (χ0v) is 15.1. The fourth-order valence-corrected chi connectivity index (χ4v) is 3.22. The van der Waals surface area contributed by atoms with Gasteiger partial charge in [0, 0.05) is 26.7 Å². The van der Waals surface area contributed by atoms with E-state index in [1.165, 1.54) is 16.8 Å². The van der Waals surface area contributed by atoms with E-state index in [1.807, 2.05) is 18.4 Å². The lowest BCUT2D eigenvalue weighted by molar-refractivity contribution is 0.192. The highest BCUT2D eigenvalue weighted by Gasteiger charge is 2.22. The lowest BCUT2D eigenvalue weighted by atomic mass is 10.1. The molecule has 0 spiro atoms. The van der Waals surface area contributed by atoms with Crippen LogP contribution in [0.1, 0.15) is 11.1 Å². The molecule has 4 nitrogen and oxygen atoms in total. The second kappa shape index (κ2) is 8.42. The van der Waals surface area contributed by atoms with E-state index in [1.54, 1.807) is 11.9 Å². The minimum atomic E-state index is 0.176. The van der Waals surface area contributed by atoms with E-state index < -0.39 is 0 Å². The summed E-state index contributed by atoms with van der Waals surface area (Å²) >= 11 is 1.65. The first-order chi connectivity index (χ1) is 11.8. The third kappa shape index (κ3) is 4.44. The highest BCUT2D eigenvalue weighted by atomic mass is 32.2. The molecular weight excluding hydrogens is 318 g/mol. The molecular formula is C19H25N3OS. The minimum absolute atomic E-state index is 0.176. The summed E-state index contributed by atoms with van der Waals surface area (Å²) in [6, 6.07) is 17.0. The molecule has 0 saturated carbocycles. The number of para-hydroxylation sites is 2. The lowest BCUT2D eigenvalue weighted by Crippen LogP contribution is -2.43. The van der Waals surface area contributed by atoms with E-state index in [0.717, 1.165) is 31.9 Å². The summed E-state index contributed by atoms with van der Waals surface area (Å²) in [5.41, 5.74) is 3.78. The first-order valence-electron chi connectivity index (χ1n) is 8.27. The molecule has 1 unspecified atom stereocenters. The molecule has 5 heteroatoms. The first-order valence-corrected chi connectivity index (χ1v) is 9.50. The van der Waals surface area contributed by atoms with Gasteiger partial charge in [-0.15, -0.1) is 0 Å². The summed E-state index contributed by atoms with van der Waals surface area (Å²) < 4.78 is 9.35.